The highest BCUT2D eigenvalue weighted by atomic mass is 127. The second kappa shape index (κ2) is 6.63. The van der Waals surface area contributed by atoms with Crippen LogP contribution >= 0.6 is 34.2 Å². The molecule has 1 N–H and O–H groups in total. The van der Waals surface area contributed by atoms with Crippen molar-refractivity contribution in [1.82, 2.24) is 19.7 Å². The smallest absolute Gasteiger partial charge is 0.304 e. The number of nitrogens with zero attached hydrogens (tertiary/aromatic N) is 4. The number of hydrogen-bond acceptors (Lipinski definition) is 5. The molecule has 7 nitrogen and oxygen atoms in total. The number of ether oxygens (including phenoxy) is 1. The first kappa shape index (κ1) is 15.9. The van der Waals surface area contributed by atoms with Gasteiger partial charge in [-0.05, 0) is 41.9 Å². The average Bonchev–Trinajstić information content (AvgIpc) is 2.82. The maximum atomic E-state index is 10.7. The van der Waals surface area contributed by atoms with E-state index in [2.05, 4.69) is 37.7 Å². The number of aromatic nitrogens is 4. The Hall–Kier alpha value is -1.00. The Bertz CT molecular complexity index is 715. The second-order valence-corrected chi connectivity index (χ2v) is 6.31. The third-order valence-electron chi connectivity index (χ3n) is 3.37. The molecule has 117 valence electrons. The summed E-state index contributed by atoms with van der Waals surface area (Å²) in [6, 6.07) is 0. The van der Waals surface area contributed by atoms with Crippen molar-refractivity contribution in [3.05, 3.63) is 21.0 Å². The molecule has 2 aromatic heterocycles. The summed E-state index contributed by atoms with van der Waals surface area (Å²) in [6.45, 7) is 0.703. The number of carbonyl (C=O) groups is 1. The summed E-state index contributed by atoms with van der Waals surface area (Å²) in [5.74, 6) is -0.945. The van der Waals surface area contributed by atoms with Crippen molar-refractivity contribution in [3.63, 3.8) is 0 Å². The van der Waals surface area contributed by atoms with E-state index in [1.807, 2.05) is 0 Å². The fourth-order valence-electron chi connectivity index (χ4n) is 2.34. The Morgan fingerprint density at radius 2 is 2.32 bits per heavy atom. The molecule has 22 heavy (non-hydrogen) atoms. The number of fused-ring (bicyclic) bond motifs is 1. The lowest BCUT2D eigenvalue weighted by Crippen LogP contribution is -2.19. The Morgan fingerprint density at radius 3 is 3.00 bits per heavy atom. The molecule has 1 saturated heterocycles. The third kappa shape index (κ3) is 3.18. The number of rotatable bonds is 4. The van der Waals surface area contributed by atoms with Crippen LogP contribution < -0.4 is 0 Å². The van der Waals surface area contributed by atoms with Gasteiger partial charge < -0.3 is 9.84 Å². The molecule has 3 heterocycles. The normalized spacial score (nSPS) is 18.7. The summed E-state index contributed by atoms with van der Waals surface area (Å²) in [7, 11) is 0. The zero-order chi connectivity index (χ0) is 15.7. The molecule has 1 radical (unpaired) electrons. The van der Waals surface area contributed by atoms with E-state index < -0.39 is 5.97 Å². The van der Waals surface area contributed by atoms with Crippen molar-refractivity contribution >= 4 is 51.3 Å². The van der Waals surface area contributed by atoms with E-state index in [9.17, 15) is 4.79 Å². The first-order valence-electron chi connectivity index (χ1n) is 6.84. The van der Waals surface area contributed by atoms with E-state index in [0.29, 0.717) is 27.2 Å². The maximum Gasteiger partial charge on any atom is 0.304 e. The molecule has 0 bridgehead atoms. The average molecular weight is 436 g/mol. The van der Waals surface area contributed by atoms with Gasteiger partial charge in [0.25, 0.3) is 0 Å². The molecule has 1 unspecified atom stereocenters. The lowest BCUT2D eigenvalue weighted by atomic mass is 10.2. The number of carboxylic acid groups (broad SMARTS) is 1. The Balaban J connectivity index is 1.99. The van der Waals surface area contributed by atoms with Crippen LogP contribution in [0.25, 0.3) is 11.2 Å². The second-order valence-electron chi connectivity index (χ2n) is 4.93. The quantitative estimate of drug-likeness (QED) is 0.743. The molecule has 0 saturated carbocycles. The van der Waals surface area contributed by atoms with Crippen molar-refractivity contribution in [1.29, 1.82) is 0 Å². The zero-order valence-corrected chi connectivity index (χ0v) is 14.4. The third-order valence-corrected chi connectivity index (χ3v) is 4.37. The first-order chi connectivity index (χ1) is 10.6. The highest BCUT2D eigenvalue weighted by molar-refractivity contribution is 14.1. The molecule has 1 fully saturated rings. The molecule has 0 aromatic carbocycles. The lowest BCUT2D eigenvalue weighted by Gasteiger charge is -2.22. The number of aliphatic carboxylic acids is 1. The molecule has 1 aliphatic heterocycles. The van der Waals surface area contributed by atoms with Crippen molar-refractivity contribution < 1.29 is 14.6 Å². The standard InChI is InChI=1S/C13H13ClIN4O3/c14-11-7(4-5-9(20)21)16-10-12(15)18-19(13(10)17-11)8-3-1-2-6-22-8/h4,8H,1-3,5-6H2,(H,20,21). The summed E-state index contributed by atoms with van der Waals surface area (Å²) in [5, 5.41) is 13.4. The Kier molecular flexibility index (Phi) is 4.79. The predicted molar refractivity (Wildman–Crippen MR) is 87.5 cm³/mol. The summed E-state index contributed by atoms with van der Waals surface area (Å²) in [5.41, 5.74) is 1.53. The molecule has 9 heteroatoms. The van der Waals surface area contributed by atoms with Gasteiger partial charge in [-0.2, -0.15) is 5.10 Å². The summed E-state index contributed by atoms with van der Waals surface area (Å²) >= 11 is 8.21. The predicted octanol–water partition coefficient (Wildman–Crippen LogP) is 2.81. The van der Waals surface area contributed by atoms with Crippen LogP contribution in [0.15, 0.2) is 0 Å². The molecule has 3 rings (SSSR count). The SMILES string of the molecule is O=C(O)C[CH]c1nc2c(I)nn(C3CCCCO3)c2nc1Cl. The highest BCUT2D eigenvalue weighted by Gasteiger charge is 2.23. The van der Waals surface area contributed by atoms with Gasteiger partial charge in [0.2, 0.25) is 0 Å². The first-order valence-corrected chi connectivity index (χ1v) is 8.30. The van der Waals surface area contributed by atoms with E-state index in [4.69, 9.17) is 21.4 Å². The van der Waals surface area contributed by atoms with Gasteiger partial charge in [0.1, 0.15) is 5.52 Å². The van der Waals surface area contributed by atoms with Crippen LogP contribution in [-0.2, 0) is 9.53 Å². The molecule has 1 atom stereocenters. The summed E-state index contributed by atoms with van der Waals surface area (Å²) in [4.78, 5) is 19.4. The number of carboxylic acids is 1. The monoisotopic (exact) mass is 435 g/mol. The minimum atomic E-state index is -0.945. The van der Waals surface area contributed by atoms with Crippen LogP contribution in [0.4, 0.5) is 0 Å². The number of hydrogen-bond donors (Lipinski definition) is 1. The maximum absolute atomic E-state index is 10.7. The van der Waals surface area contributed by atoms with Crippen LogP contribution in [0.1, 0.15) is 37.6 Å². The van der Waals surface area contributed by atoms with Crippen LogP contribution in [0.2, 0.25) is 5.15 Å². The van der Waals surface area contributed by atoms with Gasteiger partial charge in [-0.3, -0.25) is 4.79 Å². The van der Waals surface area contributed by atoms with E-state index in [1.165, 1.54) is 6.42 Å². The minimum absolute atomic E-state index is 0.154. The van der Waals surface area contributed by atoms with Crippen molar-refractivity contribution in [2.24, 2.45) is 0 Å². The fourth-order valence-corrected chi connectivity index (χ4v) is 3.13. The van der Waals surface area contributed by atoms with Crippen LogP contribution in [-0.4, -0.2) is 37.4 Å². The van der Waals surface area contributed by atoms with Gasteiger partial charge in [-0.1, -0.05) is 11.6 Å². The lowest BCUT2D eigenvalue weighted by molar-refractivity contribution is -0.136. The molecular weight excluding hydrogens is 423 g/mol. The largest absolute Gasteiger partial charge is 0.481 e. The Labute approximate surface area is 145 Å². The topological polar surface area (TPSA) is 90.1 Å². The van der Waals surface area contributed by atoms with Crippen LogP contribution in [0, 0.1) is 10.1 Å². The van der Waals surface area contributed by atoms with Gasteiger partial charge in [0.15, 0.2) is 20.7 Å². The van der Waals surface area contributed by atoms with E-state index in [1.54, 1.807) is 4.68 Å². The molecule has 1 aliphatic rings. The summed E-state index contributed by atoms with van der Waals surface area (Å²) in [6.07, 6.45) is 4.14. The molecular formula is C13H13ClIN4O3. The zero-order valence-electron chi connectivity index (χ0n) is 11.5. The van der Waals surface area contributed by atoms with Crippen molar-refractivity contribution in [2.45, 2.75) is 31.9 Å². The van der Waals surface area contributed by atoms with Gasteiger partial charge in [0, 0.05) is 13.0 Å². The van der Waals surface area contributed by atoms with Crippen LogP contribution in [0.5, 0.6) is 0 Å². The van der Waals surface area contributed by atoms with Gasteiger partial charge in [0.05, 0.1) is 12.1 Å². The van der Waals surface area contributed by atoms with Gasteiger partial charge in [-0.25, -0.2) is 14.6 Å². The van der Waals surface area contributed by atoms with Crippen molar-refractivity contribution in [3.8, 4) is 0 Å². The van der Waals surface area contributed by atoms with Crippen LogP contribution in [0.3, 0.4) is 0 Å². The molecule has 0 amide bonds. The summed E-state index contributed by atoms with van der Waals surface area (Å²) < 4.78 is 8.14. The highest BCUT2D eigenvalue weighted by Crippen LogP contribution is 2.29. The fraction of sp³-hybridized carbons (Fsp3) is 0.462. The van der Waals surface area contributed by atoms with Gasteiger partial charge in [-0.15, -0.1) is 0 Å². The van der Waals surface area contributed by atoms with E-state index >= 15 is 0 Å². The minimum Gasteiger partial charge on any atom is -0.481 e. The Morgan fingerprint density at radius 1 is 1.50 bits per heavy atom. The van der Waals surface area contributed by atoms with Gasteiger partial charge >= 0.3 is 5.97 Å². The molecule has 0 aliphatic carbocycles. The molecule has 0 spiro atoms. The van der Waals surface area contributed by atoms with E-state index in [0.717, 1.165) is 19.3 Å². The molecule has 2 aromatic rings. The number of halogens is 2. The van der Waals surface area contributed by atoms with Crippen molar-refractivity contribution in [2.75, 3.05) is 6.61 Å². The van der Waals surface area contributed by atoms with E-state index in [-0.39, 0.29) is 17.8 Å².